The molecule has 3 atom stereocenters. The molecule has 112 valence electrons. The Labute approximate surface area is 123 Å². The van der Waals surface area contributed by atoms with Crippen LogP contribution in [0.25, 0.3) is 0 Å². The summed E-state index contributed by atoms with van der Waals surface area (Å²) in [4.78, 5) is 2.51. The summed E-state index contributed by atoms with van der Waals surface area (Å²) in [6.45, 7) is 6.42. The van der Waals surface area contributed by atoms with Crippen LogP contribution in [0.15, 0.2) is 24.3 Å². The fourth-order valence-corrected chi connectivity index (χ4v) is 3.22. The van der Waals surface area contributed by atoms with Gasteiger partial charge in [-0.25, -0.2) is 0 Å². The van der Waals surface area contributed by atoms with E-state index < -0.39 is 0 Å². The van der Waals surface area contributed by atoms with Gasteiger partial charge in [-0.15, -0.1) is 0 Å². The smallest absolute Gasteiger partial charge is 0.0698 e. The van der Waals surface area contributed by atoms with Crippen molar-refractivity contribution in [3.05, 3.63) is 35.4 Å². The monoisotopic (exact) mass is 276 g/mol. The Hall–Kier alpha value is -0.900. The predicted octanol–water partition coefficient (Wildman–Crippen LogP) is 2.88. The van der Waals surface area contributed by atoms with E-state index in [2.05, 4.69) is 43.0 Å². The Balaban J connectivity index is 2.23. The van der Waals surface area contributed by atoms with Crippen LogP contribution in [0.4, 0.5) is 0 Å². The molecule has 0 amide bonds. The molecule has 1 aliphatic heterocycles. The highest BCUT2D eigenvalue weighted by atomic mass is 16.5. The number of benzene rings is 1. The lowest BCUT2D eigenvalue weighted by Gasteiger charge is -2.40. The second-order valence-electron chi connectivity index (χ2n) is 5.93. The van der Waals surface area contributed by atoms with E-state index in [9.17, 15) is 0 Å². The van der Waals surface area contributed by atoms with Crippen molar-refractivity contribution in [1.82, 2.24) is 4.90 Å². The van der Waals surface area contributed by atoms with Gasteiger partial charge in [0.1, 0.15) is 0 Å². The first kappa shape index (κ1) is 15.5. The SMILES string of the molecule is CCC(N)C(c1cccc(C)c1)N1CCCC(OC)C1. The summed E-state index contributed by atoms with van der Waals surface area (Å²) in [7, 11) is 1.82. The standard InChI is InChI=1S/C17H28N2O/c1-4-16(18)17(14-8-5-7-13(2)11-14)19-10-6-9-15(12-19)20-3/h5,7-8,11,15-17H,4,6,9-10,12,18H2,1-3H3. The van der Waals surface area contributed by atoms with Crippen LogP contribution in [0.1, 0.15) is 43.4 Å². The zero-order chi connectivity index (χ0) is 14.5. The van der Waals surface area contributed by atoms with Gasteiger partial charge in [-0.3, -0.25) is 4.90 Å². The molecule has 3 heteroatoms. The van der Waals surface area contributed by atoms with Crippen molar-refractivity contribution in [3.8, 4) is 0 Å². The summed E-state index contributed by atoms with van der Waals surface area (Å²) < 4.78 is 5.56. The fraction of sp³-hybridized carbons (Fsp3) is 0.647. The van der Waals surface area contributed by atoms with Gasteiger partial charge in [-0.2, -0.15) is 0 Å². The van der Waals surface area contributed by atoms with Crippen LogP contribution in [0.5, 0.6) is 0 Å². The van der Waals surface area contributed by atoms with Crippen LogP contribution in [-0.4, -0.2) is 37.2 Å². The number of methoxy groups -OCH3 is 1. The van der Waals surface area contributed by atoms with Gasteiger partial charge in [0, 0.05) is 25.7 Å². The van der Waals surface area contributed by atoms with Crippen molar-refractivity contribution in [2.24, 2.45) is 5.73 Å². The fourth-order valence-electron chi connectivity index (χ4n) is 3.22. The van der Waals surface area contributed by atoms with E-state index in [0.717, 1.165) is 25.9 Å². The van der Waals surface area contributed by atoms with Crippen molar-refractivity contribution < 1.29 is 4.74 Å². The molecule has 20 heavy (non-hydrogen) atoms. The molecule has 1 heterocycles. The van der Waals surface area contributed by atoms with Crippen molar-refractivity contribution in [1.29, 1.82) is 0 Å². The number of nitrogens with two attached hydrogens (primary N) is 1. The summed E-state index contributed by atoms with van der Waals surface area (Å²) in [5, 5.41) is 0. The quantitative estimate of drug-likeness (QED) is 0.898. The zero-order valence-electron chi connectivity index (χ0n) is 13.0. The lowest BCUT2D eigenvalue weighted by Crippen LogP contribution is -2.47. The van der Waals surface area contributed by atoms with Gasteiger partial charge in [0.2, 0.25) is 0 Å². The minimum absolute atomic E-state index is 0.174. The van der Waals surface area contributed by atoms with Crippen LogP contribution in [0.3, 0.4) is 0 Å². The van der Waals surface area contributed by atoms with Gasteiger partial charge in [-0.1, -0.05) is 36.8 Å². The third-order valence-electron chi connectivity index (χ3n) is 4.40. The largest absolute Gasteiger partial charge is 0.380 e. The van der Waals surface area contributed by atoms with Gasteiger partial charge < -0.3 is 10.5 Å². The van der Waals surface area contributed by atoms with Gasteiger partial charge >= 0.3 is 0 Å². The van der Waals surface area contributed by atoms with Crippen molar-refractivity contribution in [2.75, 3.05) is 20.2 Å². The average molecular weight is 276 g/mol. The van der Waals surface area contributed by atoms with Gasteiger partial charge in [0.05, 0.1) is 6.10 Å². The minimum atomic E-state index is 0.174. The third-order valence-corrected chi connectivity index (χ3v) is 4.40. The maximum absolute atomic E-state index is 6.43. The van der Waals surface area contributed by atoms with E-state index >= 15 is 0 Å². The van der Waals surface area contributed by atoms with E-state index in [1.54, 1.807) is 0 Å². The molecule has 1 aromatic carbocycles. The highest BCUT2D eigenvalue weighted by Gasteiger charge is 2.30. The molecule has 0 spiro atoms. The van der Waals surface area contributed by atoms with Crippen LogP contribution in [0.2, 0.25) is 0 Å². The van der Waals surface area contributed by atoms with E-state index in [4.69, 9.17) is 10.5 Å². The summed E-state index contributed by atoms with van der Waals surface area (Å²) >= 11 is 0. The Morgan fingerprint density at radius 2 is 2.25 bits per heavy atom. The zero-order valence-corrected chi connectivity index (χ0v) is 13.0. The van der Waals surface area contributed by atoms with Crippen molar-refractivity contribution in [2.45, 2.75) is 51.3 Å². The Morgan fingerprint density at radius 3 is 2.90 bits per heavy atom. The summed E-state index contributed by atoms with van der Waals surface area (Å²) in [5.41, 5.74) is 9.08. The molecule has 1 aromatic rings. The van der Waals surface area contributed by atoms with E-state index in [0.29, 0.717) is 12.1 Å². The van der Waals surface area contributed by atoms with Gasteiger partial charge in [0.15, 0.2) is 0 Å². The van der Waals surface area contributed by atoms with Crippen molar-refractivity contribution in [3.63, 3.8) is 0 Å². The number of hydrogen-bond acceptors (Lipinski definition) is 3. The normalized spacial score (nSPS) is 23.5. The molecule has 2 N–H and O–H groups in total. The molecule has 1 aliphatic rings. The lowest BCUT2D eigenvalue weighted by molar-refractivity contribution is 0.00899. The molecule has 0 aromatic heterocycles. The molecule has 3 unspecified atom stereocenters. The lowest BCUT2D eigenvalue weighted by atomic mass is 9.93. The molecule has 1 fully saturated rings. The number of hydrogen-bond donors (Lipinski definition) is 1. The number of likely N-dealkylation sites (tertiary alicyclic amines) is 1. The first-order chi connectivity index (χ1) is 9.65. The Bertz CT molecular complexity index is 421. The minimum Gasteiger partial charge on any atom is -0.380 e. The van der Waals surface area contributed by atoms with Crippen LogP contribution < -0.4 is 5.73 Å². The van der Waals surface area contributed by atoms with E-state index in [1.165, 1.54) is 17.5 Å². The molecule has 0 aliphatic carbocycles. The molecule has 2 rings (SSSR count). The topological polar surface area (TPSA) is 38.5 Å². The molecule has 1 saturated heterocycles. The predicted molar refractivity (Wildman–Crippen MR) is 83.8 cm³/mol. The Morgan fingerprint density at radius 1 is 1.45 bits per heavy atom. The van der Waals surface area contributed by atoms with Gasteiger partial charge in [-0.05, 0) is 38.3 Å². The third kappa shape index (κ3) is 3.60. The summed E-state index contributed by atoms with van der Waals surface area (Å²) in [5.74, 6) is 0. The number of ether oxygens (including phenoxy) is 1. The van der Waals surface area contributed by atoms with Gasteiger partial charge in [0.25, 0.3) is 0 Å². The van der Waals surface area contributed by atoms with Crippen LogP contribution in [0, 0.1) is 6.92 Å². The van der Waals surface area contributed by atoms with Crippen LogP contribution in [-0.2, 0) is 4.74 Å². The van der Waals surface area contributed by atoms with Crippen molar-refractivity contribution >= 4 is 0 Å². The van der Waals surface area contributed by atoms with Crippen LogP contribution >= 0.6 is 0 Å². The molecular weight excluding hydrogens is 248 g/mol. The maximum atomic E-state index is 6.43. The second-order valence-corrected chi connectivity index (χ2v) is 5.93. The number of rotatable bonds is 5. The van der Waals surface area contributed by atoms with E-state index in [1.807, 2.05) is 7.11 Å². The molecule has 0 saturated carbocycles. The molecule has 0 bridgehead atoms. The summed E-state index contributed by atoms with van der Waals surface area (Å²) in [6, 6.07) is 9.25. The second kappa shape index (κ2) is 7.21. The number of aryl methyl sites for hydroxylation is 1. The molecule has 3 nitrogen and oxygen atoms in total. The highest BCUT2D eigenvalue weighted by Crippen LogP contribution is 2.29. The highest BCUT2D eigenvalue weighted by molar-refractivity contribution is 5.26. The molecular formula is C17H28N2O. The summed E-state index contributed by atoms with van der Waals surface area (Å²) in [6.07, 6.45) is 3.69. The first-order valence-corrected chi connectivity index (χ1v) is 7.74. The first-order valence-electron chi connectivity index (χ1n) is 7.74. The number of piperidine rings is 1. The number of nitrogens with zero attached hydrogens (tertiary/aromatic N) is 1. The molecule has 0 radical (unpaired) electrons. The average Bonchev–Trinajstić information content (AvgIpc) is 2.47. The van der Waals surface area contributed by atoms with E-state index in [-0.39, 0.29) is 6.04 Å². The maximum Gasteiger partial charge on any atom is 0.0698 e. The Kier molecular flexibility index (Phi) is 5.58.